The number of rotatable bonds is 5. The van der Waals surface area contributed by atoms with Crippen molar-refractivity contribution < 1.29 is 9.53 Å². The lowest BCUT2D eigenvalue weighted by Crippen LogP contribution is -2.46. The quantitative estimate of drug-likeness (QED) is 0.679. The third kappa shape index (κ3) is 2.95. The Morgan fingerprint density at radius 3 is 2.95 bits per heavy atom. The number of fused-ring (bicyclic) bond motifs is 1. The molecule has 1 fully saturated rings. The second kappa shape index (κ2) is 5.90. The smallest absolute Gasteiger partial charge is 0.308 e. The van der Waals surface area contributed by atoms with E-state index in [1.54, 1.807) is 0 Å². The number of nitrogens with one attached hydrogen (secondary N) is 1. The molecule has 1 aromatic carbocycles. The molecule has 0 bridgehead atoms. The molecule has 0 spiro atoms. The highest BCUT2D eigenvalue weighted by molar-refractivity contribution is 5.91. The summed E-state index contributed by atoms with van der Waals surface area (Å²) in [6.45, 7) is 7.20. The van der Waals surface area contributed by atoms with Crippen molar-refractivity contribution in [3.63, 3.8) is 0 Å². The number of aromatic nitrogens is 1. The van der Waals surface area contributed by atoms with Gasteiger partial charge in [-0.2, -0.15) is 0 Å². The van der Waals surface area contributed by atoms with Crippen molar-refractivity contribution in [3.8, 4) is 5.75 Å². The van der Waals surface area contributed by atoms with E-state index in [2.05, 4.69) is 16.8 Å². The van der Waals surface area contributed by atoms with E-state index in [0.29, 0.717) is 5.75 Å². The number of nitrogens with zero attached hydrogens (tertiary/aromatic N) is 1. The molecule has 4 nitrogen and oxygen atoms in total. The zero-order chi connectivity index (χ0) is 14.8. The Morgan fingerprint density at radius 2 is 2.24 bits per heavy atom. The molecule has 4 heteroatoms. The molecular weight excluding hydrogens is 264 g/mol. The maximum Gasteiger partial charge on any atom is 0.308 e. The van der Waals surface area contributed by atoms with Crippen LogP contribution in [0, 0.1) is 5.92 Å². The van der Waals surface area contributed by atoms with Crippen LogP contribution in [0.5, 0.6) is 5.75 Å². The number of esters is 1. The van der Waals surface area contributed by atoms with Gasteiger partial charge >= 0.3 is 5.97 Å². The lowest BCUT2D eigenvalue weighted by Gasteiger charge is -2.38. The predicted octanol–water partition coefficient (Wildman–Crippen LogP) is 2.98. The molecule has 21 heavy (non-hydrogen) atoms. The molecule has 0 aliphatic carbocycles. The van der Waals surface area contributed by atoms with Gasteiger partial charge in [0.1, 0.15) is 5.75 Å². The minimum atomic E-state index is -0.275. The van der Waals surface area contributed by atoms with Gasteiger partial charge in [-0.15, -0.1) is 0 Å². The Kier molecular flexibility index (Phi) is 3.97. The van der Waals surface area contributed by atoms with Crippen molar-refractivity contribution in [1.29, 1.82) is 0 Å². The molecule has 0 atom stereocenters. The summed E-state index contributed by atoms with van der Waals surface area (Å²) in [6.07, 6.45) is 4.30. The molecule has 1 aromatic heterocycles. The lowest BCUT2D eigenvalue weighted by molar-refractivity contribution is -0.131. The Balaban J connectivity index is 1.74. The molecule has 1 saturated heterocycles. The summed E-state index contributed by atoms with van der Waals surface area (Å²) in [4.78, 5) is 17.0. The number of ether oxygens (including phenoxy) is 1. The Labute approximate surface area is 125 Å². The maximum atomic E-state index is 11.2. The third-order valence-electron chi connectivity index (χ3n) is 4.31. The van der Waals surface area contributed by atoms with E-state index in [1.807, 2.05) is 24.4 Å². The van der Waals surface area contributed by atoms with Crippen LogP contribution >= 0.6 is 0 Å². The van der Waals surface area contributed by atoms with E-state index in [4.69, 9.17) is 4.74 Å². The van der Waals surface area contributed by atoms with Crippen LogP contribution in [0.1, 0.15) is 25.8 Å². The number of hydrogen-bond donors (Lipinski definition) is 1. The molecule has 3 rings (SSSR count). The molecule has 112 valence electrons. The molecule has 2 heterocycles. The number of hydrogen-bond acceptors (Lipinski definition) is 3. The Bertz CT molecular complexity index is 641. The van der Waals surface area contributed by atoms with Gasteiger partial charge in [0.05, 0.1) is 0 Å². The Hall–Kier alpha value is -1.81. The predicted molar refractivity (Wildman–Crippen MR) is 83.5 cm³/mol. The minimum Gasteiger partial charge on any atom is -0.426 e. The largest absolute Gasteiger partial charge is 0.426 e. The molecular formula is C17H22N2O2. The molecule has 0 amide bonds. The van der Waals surface area contributed by atoms with Gasteiger partial charge in [0.2, 0.25) is 0 Å². The monoisotopic (exact) mass is 286 g/mol. The van der Waals surface area contributed by atoms with Crippen molar-refractivity contribution in [1.82, 2.24) is 9.88 Å². The average Bonchev–Trinajstić information content (AvgIpc) is 2.81. The number of likely N-dealkylation sites (tertiary alicyclic amines) is 1. The first kappa shape index (κ1) is 14.1. The summed E-state index contributed by atoms with van der Waals surface area (Å²) in [5, 5.41) is 1.04. The molecule has 2 aromatic rings. The molecule has 1 N–H and O–H groups in total. The number of H-pyrrole nitrogens is 1. The maximum absolute atomic E-state index is 11.2. The summed E-state index contributed by atoms with van der Waals surface area (Å²) >= 11 is 0. The van der Waals surface area contributed by atoms with E-state index in [1.165, 1.54) is 32.0 Å². The molecule has 1 aliphatic heterocycles. The summed E-state index contributed by atoms with van der Waals surface area (Å²) in [7, 11) is 0. The number of carbonyl (C=O) groups is 1. The highest BCUT2D eigenvalue weighted by Crippen LogP contribution is 2.30. The first-order valence-corrected chi connectivity index (χ1v) is 7.67. The van der Waals surface area contributed by atoms with E-state index >= 15 is 0 Å². The van der Waals surface area contributed by atoms with Crippen LogP contribution in [0.2, 0.25) is 0 Å². The molecule has 0 radical (unpaired) electrons. The molecule has 1 aliphatic rings. The molecule has 0 unspecified atom stereocenters. The summed E-state index contributed by atoms with van der Waals surface area (Å²) in [5.74, 6) is 1.26. The average molecular weight is 286 g/mol. The van der Waals surface area contributed by atoms with Gasteiger partial charge in [0.25, 0.3) is 0 Å². The van der Waals surface area contributed by atoms with Crippen molar-refractivity contribution in [2.45, 2.75) is 26.7 Å². The van der Waals surface area contributed by atoms with Gasteiger partial charge < -0.3 is 14.6 Å². The van der Waals surface area contributed by atoms with Crippen LogP contribution < -0.4 is 4.74 Å². The third-order valence-corrected chi connectivity index (χ3v) is 4.31. The highest BCUT2D eigenvalue weighted by atomic mass is 16.5. The van der Waals surface area contributed by atoms with E-state index in [-0.39, 0.29) is 5.97 Å². The standard InChI is InChI=1S/C17H22N2O2/c1-3-13-10-19(11-13)8-7-14-9-18-15-5-4-6-16(17(14)15)21-12(2)20/h4-6,9,13,18H,3,7-8,10-11H2,1-2H3. The van der Waals surface area contributed by atoms with E-state index in [9.17, 15) is 4.79 Å². The lowest BCUT2D eigenvalue weighted by atomic mass is 9.97. The fraction of sp³-hybridized carbons (Fsp3) is 0.471. The second-order valence-electron chi connectivity index (χ2n) is 5.87. The normalized spacial score (nSPS) is 16.1. The number of benzene rings is 1. The zero-order valence-corrected chi connectivity index (χ0v) is 12.7. The molecule has 0 saturated carbocycles. The topological polar surface area (TPSA) is 45.3 Å². The highest BCUT2D eigenvalue weighted by Gasteiger charge is 2.24. The second-order valence-corrected chi connectivity index (χ2v) is 5.87. The van der Waals surface area contributed by atoms with Crippen molar-refractivity contribution in [2.24, 2.45) is 5.92 Å². The van der Waals surface area contributed by atoms with Crippen LogP contribution in [0.4, 0.5) is 0 Å². The first-order chi connectivity index (χ1) is 10.2. The SMILES string of the molecule is CCC1CN(CCc2c[nH]c3cccc(OC(C)=O)c23)C1. The van der Waals surface area contributed by atoms with Gasteiger partial charge in [-0.1, -0.05) is 19.4 Å². The Morgan fingerprint density at radius 1 is 1.43 bits per heavy atom. The van der Waals surface area contributed by atoms with E-state index < -0.39 is 0 Å². The zero-order valence-electron chi connectivity index (χ0n) is 12.7. The van der Waals surface area contributed by atoms with Crippen LogP contribution in [0.15, 0.2) is 24.4 Å². The van der Waals surface area contributed by atoms with Crippen LogP contribution in [0.25, 0.3) is 10.9 Å². The summed E-state index contributed by atoms with van der Waals surface area (Å²) in [5.41, 5.74) is 2.25. The first-order valence-electron chi connectivity index (χ1n) is 7.67. The fourth-order valence-electron chi connectivity index (χ4n) is 3.05. The van der Waals surface area contributed by atoms with Crippen molar-refractivity contribution in [3.05, 3.63) is 30.0 Å². The van der Waals surface area contributed by atoms with Gasteiger partial charge in [0.15, 0.2) is 0 Å². The minimum absolute atomic E-state index is 0.275. The number of aromatic amines is 1. The van der Waals surface area contributed by atoms with Crippen molar-refractivity contribution in [2.75, 3.05) is 19.6 Å². The van der Waals surface area contributed by atoms with Crippen molar-refractivity contribution >= 4 is 16.9 Å². The van der Waals surface area contributed by atoms with Crippen LogP contribution in [-0.4, -0.2) is 35.5 Å². The van der Waals surface area contributed by atoms with Gasteiger partial charge in [-0.25, -0.2) is 0 Å². The van der Waals surface area contributed by atoms with Gasteiger partial charge in [-0.3, -0.25) is 4.79 Å². The van der Waals surface area contributed by atoms with Gasteiger partial charge in [-0.05, 0) is 30.0 Å². The summed E-state index contributed by atoms with van der Waals surface area (Å²) < 4.78 is 5.34. The van der Waals surface area contributed by atoms with Gasteiger partial charge in [0, 0.05) is 43.7 Å². The summed E-state index contributed by atoms with van der Waals surface area (Å²) in [6, 6.07) is 5.78. The fourth-order valence-corrected chi connectivity index (χ4v) is 3.05. The van der Waals surface area contributed by atoms with Crippen LogP contribution in [0.3, 0.4) is 0 Å². The number of carbonyl (C=O) groups excluding carboxylic acids is 1. The van der Waals surface area contributed by atoms with E-state index in [0.717, 1.165) is 29.8 Å². The van der Waals surface area contributed by atoms with Crippen LogP contribution in [-0.2, 0) is 11.2 Å².